The van der Waals surface area contributed by atoms with Crippen LogP contribution >= 0.6 is 0 Å². The van der Waals surface area contributed by atoms with Gasteiger partial charge in [0.05, 0.1) is 17.7 Å². The highest BCUT2D eigenvalue weighted by Crippen LogP contribution is 2.44. The van der Waals surface area contributed by atoms with Crippen molar-refractivity contribution >= 4 is 5.91 Å². The average molecular weight is 347 g/mol. The predicted molar refractivity (Wildman–Crippen MR) is 91.9 cm³/mol. The van der Waals surface area contributed by atoms with Crippen molar-refractivity contribution in [2.45, 2.75) is 56.3 Å². The summed E-state index contributed by atoms with van der Waals surface area (Å²) in [6, 6.07) is 5.96. The molecule has 3 aliphatic rings. The van der Waals surface area contributed by atoms with Gasteiger partial charge in [-0.05, 0) is 62.6 Å². The lowest BCUT2D eigenvalue weighted by Crippen LogP contribution is -2.53. The summed E-state index contributed by atoms with van der Waals surface area (Å²) >= 11 is 0. The van der Waals surface area contributed by atoms with Gasteiger partial charge in [-0.3, -0.25) is 4.79 Å². The van der Waals surface area contributed by atoms with Crippen LogP contribution in [0.25, 0.3) is 0 Å². The summed E-state index contributed by atoms with van der Waals surface area (Å²) in [5.74, 6) is 0.256. The third-order valence-corrected chi connectivity index (χ3v) is 6.14. The number of hydrogen-bond acceptors (Lipinski definition) is 3. The first kappa shape index (κ1) is 17.0. The van der Waals surface area contributed by atoms with Gasteiger partial charge in [0.2, 0.25) is 0 Å². The molecule has 4 rings (SSSR count). The molecule has 1 aliphatic heterocycles. The van der Waals surface area contributed by atoms with Gasteiger partial charge in [-0.1, -0.05) is 6.07 Å². The van der Waals surface area contributed by atoms with E-state index in [0.29, 0.717) is 12.1 Å². The number of ether oxygens (including phenoxy) is 2. The Balaban J connectivity index is 1.50. The number of rotatable bonds is 5. The second-order valence-corrected chi connectivity index (χ2v) is 7.72. The fraction of sp³-hybridized carbons (Fsp3) is 0.650. The average Bonchev–Trinajstić information content (AvgIpc) is 3.38. The van der Waals surface area contributed by atoms with Crippen LogP contribution in [0.15, 0.2) is 24.3 Å². The van der Waals surface area contributed by atoms with Crippen molar-refractivity contribution in [3.8, 4) is 0 Å². The van der Waals surface area contributed by atoms with Crippen molar-refractivity contribution in [2.24, 2.45) is 5.92 Å². The minimum atomic E-state index is -0.377. The molecule has 1 amide bonds. The van der Waals surface area contributed by atoms with Crippen molar-refractivity contribution in [1.29, 1.82) is 0 Å². The molecule has 0 radical (unpaired) electrons. The van der Waals surface area contributed by atoms with Gasteiger partial charge in [0.25, 0.3) is 5.91 Å². The van der Waals surface area contributed by atoms with Gasteiger partial charge in [0.1, 0.15) is 5.82 Å². The molecule has 3 fully saturated rings. The number of fused-ring (bicyclic) bond motifs is 1. The molecule has 2 aliphatic carbocycles. The molecule has 0 unspecified atom stereocenters. The number of nitrogens with zero attached hydrogens (tertiary/aromatic N) is 1. The van der Waals surface area contributed by atoms with Crippen LogP contribution in [0.5, 0.6) is 0 Å². The molecule has 0 N–H and O–H groups in total. The van der Waals surface area contributed by atoms with E-state index >= 15 is 0 Å². The lowest BCUT2D eigenvalue weighted by molar-refractivity contribution is -0.0977. The first-order valence-corrected chi connectivity index (χ1v) is 9.34. The molecule has 1 aromatic rings. The molecule has 1 aromatic carbocycles. The van der Waals surface area contributed by atoms with Crippen molar-refractivity contribution in [3.05, 3.63) is 35.6 Å². The summed E-state index contributed by atoms with van der Waals surface area (Å²) < 4.78 is 25.5. The van der Waals surface area contributed by atoms with Crippen LogP contribution in [0, 0.1) is 11.7 Å². The van der Waals surface area contributed by atoms with Crippen LogP contribution in [0.1, 0.15) is 48.9 Å². The van der Waals surface area contributed by atoms with E-state index in [1.165, 1.54) is 25.0 Å². The molecule has 3 atom stereocenters. The summed E-state index contributed by atoms with van der Waals surface area (Å²) in [6.45, 7) is 1.50. The normalized spacial score (nSPS) is 31.8. The lowest BCUT2D eigenvalue weighted by atomic mass is 9.79. The topological polar surface area (TPSA) is 38.8 Å². The number of hydrogen-bond donors (Lipinski definition) is 0. The van der Waals surface area contributed by atoms with E-state index in [4.69, 9.17) is 9.47 Å². The number of carbonyl (C=O) groups is 1. The monoisotopic (exact) mass is 347 g/mol. The van der Waals surface area contributed by atoms with E-state index in [1.54, 1.807) is 19.2 Å². The fourth-order valence-electron chi connectivity index (χ4n) is 4.40. The van der Waals surface area contributed by atoms with Gasteiger partial charge in [-0.2, -0.15) is 0 Å². The summed E-state index contributed by atoms with van der Waals surface area (Å²) in [7, 11) is 1.74. The molecule has 1 saturated heterocycles. The molecular weight excluding hydrogens is 321 g/mol. The van der Waals surface area contributed by atoms with Crippen LogP contribution in [-0.4, -0.2) is 48.8 Å². The number of methoxy groups -OCH3 is 1. The summed E-state index contributed by atoms with van der Waals surface area (Å²) in [4.78, 5) is 14.8. The SMILES string of the molecule is CO[C@@]12CC[C@@H](OCC3CC3)C[C@@H]1N(C(=O)c1cccc(F)c1)CC2. The van der Waals surface area contributed by atoms with Crippen LogP contribution in [0.2, 0.25) is 0 Å². The largest absolute Gasteiger partial charge is 0.378 e. The molecule has 0 aromatic heterocycles. The Hall–Kier alpha value is -1.46. The van der Waals surface area contributed by atoms with E-state index in [9.17, 15) is 9.18 Å². The number of likely N-dealkylation sites (tertiary alicyclic amines) is 1. The van der Waals surface area contributed by atoms with Crippen molar-refractivity contribution < 1.29 is 18.7 Å². The molecular formula is C20H26FNO3. The highest BCUT2D eigenvalue weighted by atomic mass is 19.1. The maximum absolute atomic E-state index is 13.5. The van der Waals surface area contributed by atoms with Crippen molar-refractivity contribution in [2.75, 3.05) is 20.3 Å². The Morgan fingerprint density at radius 3 is 2.88 bits per heavy atom. The third-order valence-electron chi connectivity index (χ3n) is 6.14. The Morgan fingerprint density at radius 1 is 1.32 bits per heavy atom. The smallest absolute Gasteiger partial charge is 0.254 e. The van der Waals surface area contributed by atoms with E-state index in [-0.39, 0.29) is 29.5 Å². The number of benzene rings is 1. The highest BCUT2D eigenvalue weighted by Gasteiger charge is 2.52. The molecule has 1 heterocycles. The zero-order valence-corrected chi connectivity index (χ0v) is 14.7. The van der Waals surface area contributed by atoms with E-state index in [1.807, 2.05) is 4.90 Å². The lowest BCUT2D eigenvalue weighted by Gasteiger charge is -2.43. The first-order valence-electron chi connectivity index (χ1n) is 9.34. The fourth-order valence-corrected chi connectivity index (χ4v) is 4.40. The Kier molecular flexibility index (Phi) is 4.54. The summed E-state index contributed by atoms with van der Waals surface area (Å²) in [5.41, 5.74) is 0.135. The van der Waals surface area contributed by atoms with Gasteiger partial charge in [-0.25, -0.2) is 4.39 Å². The second kappa shape index (κ2) is 6.69. The van der Waals surface area contributed by atoms with Crippen LogP contribution in [0.4, 0.5) is 4.39 Å². The molecule has 5 heteroatoms. The van der Waals surface area contributed by atoms with E-state index in [0.717, 1.165) is 38.2 Å². The zero-order chi connectivity index (χ0) is 17.4. The molecule has 25 heavy (non-hydrogen) atoms. The van der Waals surface area contributed by atoms with Gasteiger partial charge < -0.3 is 14.4 Å². The Labute approximate surface area is 148 Å². The molecule has 4 nitrogen and oxygen atoms in total. The summed E-state index contributed by atoms with van der Waals surface area (Å²) in [5, 5.41) is 0. The Morgan fingerprint density at radius 2 is 2.16 bits per heavy atom. The molecule has 2 saturated carbocycles. The molecule has 136 valence electrons. The van der Waals surface area contributed by atoms with Crippen LogP contribution in [-0.2, 0) is 9.47 Å². The minimum Gasteiger partial charge on any atom is -0.378 e. The van der Waals surface area contributed by atoms with Gasteiger partial charge in [0.15, 0.2) is 0 Å². The number of halogens is 1. The van der Waals surface area contributed by atoms with Crippen molar-refractivity contribution in [1.82, 2.24) is 4.90 Å². The predicted octanol–water partition coefficient (Wildman–Crippen LogP) is 3.40. The number of carbonyl (C=O) groups excluding carboxylic acids is 1. The van der Waals surface area contributed by atoms with Gasteiger partial charge in [0, 0.05) is 25.8 Å². The van der Waals surface area contributed by atoms with Crippen LogP contribution in [0.3, 0.4) is 0 Å². The quantitative estimate of drug-likeness (QED) is 0.819. The van der Waals surface area contributed by atoms with E-state index in [2.05, 4.69) is 0 Å². The van der Waals surface area contributed by atoms with Crippen LogP contribution < -0.4 is 0 Å². The Bertz CT molecular complexity index is 648. The minimum absolute atomic E-state index is 0.00576. The van der Waals surface area contributed by atoms with Gasteiger partial charge in [-0.15, -0.1) is 0 Å². The zero-order valence-electron chi connectivity index (χ0n) is 14.7. The van der Waals surface area contributed by atoms with Crippen molar-refractivity contribution in [3.63, 3.8) is 0 Å². The second-order valence-electron chi connectivity index (χ2n) is 7.72. The number of amides is 1. The summed E-state index contributed by atoms with van der Waals surface area (Å²) in [6.07, 6.45) is 6.29. The maximum Gasteiger partial charge on any atom is 0.254 e. The first-order chi connectivity index (χ1) is 12.1. The third kappa shape index (κ3) is 3.32. The maximum atomic E-state index is 13.5. The highest BCUT2D eigenvalue weighted by molar-refractivity contribution is 5.94. The standard InChI is InChI=1S/C20H26FNO3/c1-24-20-8-7-17(25-13-14-5-6-14)12-18(20)22(10-9-20)19(23)15-3-2-4-16(21)11-15/h2-4,11,14,17-18H,5-10,12-13H2,1H3/t17-,18+,20-/m1/s1. The van der Waals surface area contributed by atoms with E-state index < -0.39 is 0 Å². The molecule has 0 spiro atoms. The van der Waals surface area contributed by atoms with Gasteiger partial charge >= 0.3 is 0 Å². The molecule has 0 bridgehead atoms.